The summed E-state index contributed by atoms with van der Waals surface area (Å²) in [4.78, 5) is 0. The molecule has 0 aromatic heterocycles. The zero-order chi connectivity index (χ0) is 9.97. The summed E-state index contributed by atoms with van der Waals surface area (Å²) in [6.07, 6.45) is 5.31. The third-order valence-electron chi connectivity index (χ3n) is 3.14. The van der Waals surface area contributed by atoms with Crippen LogP contribution in [0.3, 0.4) is 0 Å². The van der Waals surface area contributed by atoms with Gasteiger partial charge in [-0.1, -0.05) is 40.9 Å². The molecule has 1 nitrogen and oxygen atoms in total. The van der Waals surface area contributed by atoms with Gasteiger partial charge in [-0.15, -0.1) is 12.4 Å². The summed E-state index contributed by atoms with van der Waals surface area (Å²) in [5.41, 5.74) is 7.52. The minimum atomic E-state index is 0. The highest BCUT2D eigenvalue weighted by atomic mass is 79.9. The Morgan fingerprint density at radius 3 is 2.53 bits per heavy atom. The molecule has 0 unspecified atom stereocenters. The summed E-state index contributed by atoms with van der Waals surface area (Å²) in [6.45, 7) is 0. The van der Waals surface area contributed by atoms with Crippen molar-refractivity contribution < 1.29 is 0 Å². The van der Waals surface area contributed by atoms with Crippen LogP contribution in [0.25, 0.3) is 0 Å². The van der Waals surface area contributed by atoms with E-state index in [9.17, 15) is 0 Å². The van der Waals surface area contributed by atoms with E-state index in [0.29, 0.717) is 5.92 Å². The first-order chi connectivity index (χ1) is 6.77. The Morgan fingerprint density at radius 1 is 1.27 bits per heavy atom. The first-order valence-corrected chi connectivity index (χ1v) is 6.08. The first-order valence-electron chi connectivity index (χ1n) is 5.28. The maximum atomic E-state index is 6.25. The molecule has 0 amide bonds. The van der Waals surface area contributed by atoms with Crippen molar-refractivity contribution in [1.29, 1.82) is 0 Å². The molecule has 0 aliphatic heterocycles. The van der Waals surface area contributed by atoms with Gasteiger partial charge in [-0.25, -0.2) is 0 Å². The second-order valence-electron chi connectivity index (χ2n) is 4.13. The fourth-order valence-electron chi connectivity index (χ4n) is 2.30. The molecular formula is C12H17BrClN. The molecule has 0 spiro atoms. The highest BCUT2D eigenvalue weighted by Gasteiger charge is 2.22. The highest BCUT2D eigenvalue weighted by Crippen LogP contribution is 2.34. The van der Waals surface area contributed by atoms with Crippen LogP contribution in [0.2, 0.25) is 0 Å². The maximum absolute atomic E-state index is 6.25. The molecule has 1 aliphatic rings. The average Bonchev–Trinajstić information content (AvgIpc) is 2.69. The van der Waals surface area contributed by atoms with Crippen molar-refractivity contribution in [3.8, 4) is 0 Å². The van der Waals surface area contributed by atoms with Gasteiger partial charge >= 0.3 is 0 Å². The topological polar surface area (TPSA) is 26.0 Å². The van der Waals surface area contributed by atoms with E-state index in [1.807, 2.05) is 6.07 Å². The van der Waals surface area contributed by atoms with Gasteiger partial charge in [-0.05, 0) is 36.5 Å². The highest BCUT2D eigenvalue weighted by molar-refractivity contribution is 9.10. The second kappa shape index (κ2) is 5.88. The molecule has 1 aromatic rings. The third kappa shape index (κ3) is 3.20. The van der Waals surface area contributed by atoms with Crippen LogP contribution in [0.1, 0.15) is 37.3 Å². The molecule has 0 radical (unpaired) electrons. The van der Waals surface area contributed by atoms with Crippen LogP contribution in [0.4, 0.5) is 0 Å². The minimum absolute atomic E-state index is 0. The van der Waals surface area contributed by atoms with E-state index in [4.69, 9.17) is 5.73 Å². The van der Waals surface area contributed by atoms with Crippen molar-refractivity contribution in [1.82, 2.24) is 0 Å². The Morgan fingerprint density at radius 2 is 1.93 bits per heavy atom. The smallest absolute Gasteiger partial charge is 0.0323 e. The lowest BCUT2D eigenvalue weighted by atomic mass is 9.93. The van der Waals surface area contributed by atoms with Gasteiger partial charge in [0, 0.05) is 10.5 Å². The summed E-state index contributed by atoms with van der Waals surface area (Å²) in [7, 11) is 0. The molecule has 0 bridgehead atoms. The van der Waals surface area contributed by atoms with Crippen LogP contribution in [-0.2, 0) is 0 Å². The molecule has 1 fully saturated rings. The van der Waals surface area contributed by atoms with Crippen molar-refractivity contribution in [3.63, 3.8) is 0 Å². The Hall–Kier alpha value is -0.0500. The quantitative estimate of drug-likeness (QED) is 0.873. The summed E-state index contributed by atoms with van der Waals surface area (Å²) >= 11 is 3.48. The van der Waals surface area contributed by atoms with Gasteiger partial charge in [0.1, 0.15) is 0 Å². The van der Waals surface area contributed by atoms with Crippen LogP contribution < -0.4 is 5.73 Å². The van der Waals surface area contributed by atoms with E-state index in [1.165, 1.54) is 31.2 Å². The molecule has 84 valence electrons. The number of benzene rings is 1. The molecule has 3 heteroatoms. The summed E-state index contributed by atoms with van der Waals surface area (Å²) in [6, 6.07) is 8.62. The van der Waals surface area contributed by atoms with Gasteiger partial charge < -0.3 is 5.73 Å². The fraction of sp³-hybridized carbons (Fsp3) is 0.500. The second-order valence-corrected chi connectivity index (χ2v) is 5.04. The first kappa shape index (κ1) is 13.0. The van der Waals surface area contributed by atoms with Crippen molar-refractivity contribution in [3.05, 3.63) is 34.3 Å². The maximum Gasteiger partial charge on any atom is 0.0323 e. The van der Waals surface area contributed by atoms with Gasteiger partial charge in [0.05, 0.1) is 0 Å². The lowest BCUT2D eigenvalue weighted by molar-refractivity contribution is 0.445. The van der Waals surface area contributed by atoms with E-state index in [0.717, 1.165) is 4.47 Å². The van der Waals surface area contributed by atoms with E-state index in [-0.39, 0.29) is 18.4 Å². The van der Waals surface area contributed by atoms with E-state index in [2.05, 4.69) is 34.1 Å². The van der Waals surface area contributed by atoms with Gasteiger partial charge in [0.25, 0.3) is 0 Å². The number of rotatable bonds is 2. The predicted molar refractivity (Wildman–Crippen MR) is 70.3 cm³/mol. The van der Waals surface area contributed by atoms with E-state index >= 15 is 0 Å². The minimum Gasteiger partial charge on any atom is -0.324 e. The summed E-state index contributed by atoms with van der Waals surface area (Å²) in [5, 5.41) is 0. The standard InChI is InChI=1S/C12H16BrN.ClH/c13-11-7-3-6-10(8-11)12(14)9-4-1-2-5-9;/h3,6-9,12H,1-2,4-5,14H2;1H/t12-;/m0./s1. The molecular weight excluding hydrogens is 273 g/mol. The monoisotopic (exact) mass is 289 g/mol. The molecule has 0 heterocycles. The lowest BCUT2D eigenvalue weighted by Crippen LogP contribution is -2.18. The van der Waals surface area contributed by atoms with Crippen molar-refractivity contribution in [2.75, 3.05) is 0 Å². The van der Waals surface area contributed by atoms with Crippen molar-refractivity contribution in [2.24, 2.45) is 11.7 Å². The zero-order valence-corrected chi connectivity index (χ0v) is 11.1. The Bertz CT molecular complexity index is 310. The number of hydrogen-bond donors (Lipinski definition) is 1. The summed E-state index contributed by atoms with van der Waals surface area (Å²) < 4.78 is 1.13. The molecule has 1 saturated carbocycles. The van der Waals surface area contributed by atoms with Gasteiger partial charge in [0.15, 0.2) is 0 Å². The molecule has 1 aromatic carbocycles. The van der Waals surface area contributed by atoms with Crippen molar-refractivity contribution >= 4 is 28.3 Å². The molecule has 0 saturated heterocycles. The fourth-order valence-corrected chi connectivity index (χ4v) is 2.72. The van der Waals surface area contributed by atoms with Crippen LogP contribution in [0.15, 0.2) is 28.7 Å². The molecule has 1 atom stereocenters. The van der Waals surface area contributed by atoms with E-state index in [1.54, 1.807) is 0 Å². The Balaban J connectivity index is 0.00000112. The number of halogens is 2. The van der Waals surface area contributed by atoms with Crippen LogP contribution in [-0.4, -0.2) is 0 Å². The SMILES string of the molecule is Cl.N[C@H](c1cccc(Br)c1)C1CCCC1. The third-order valence-corrected chi connectivity index (χ3v) is 3.63. The van der Waals surface area contributed by atoms with Gasteiger partial charge in [-0.3, -0.25) is 0 Å². The van der Waals surface area contributed by atoms with Crippen LogP contribution in [0, 0.1) is 5.92 Å². The molecule has 2 rings (SSSR count). The largest absolute Gasteiger partial charge is 0.324 e. The number of hydrogen-bond acceptors (Lipinski definition) is 1. The normalized spacial score (nSPS) is 18.5. The van der Waals surface area contributed by atoms with Gasteiger partial charge in [0.2, 0.25) is 0 Å². The van der Waals surface area contributed by atoms with Crippen molar-refractivity contribution in [2.45, 2.75) is 31.7 Å². The lowest BCUT2D eigenvalue weighted by Gasteiger charge is -2.19. The Labute approximate surface area is 106 Å². The Kier molecular flexibility index (Phi) is 5.10. The predicted octanol–water partition coefficient (Wildman–Crippen LogP) is 4.06. The zero-order valence-electron chi connectivity index (χ0n) is 8.66. The molecule has 1 aliphatic carbocycles. The number of nitrogens with two attached hydrogens (primary N) is 1. The van der Waals surface area contributed by atoms with E-state index < -0.39 is 0 Å². The van der Waals surface area contributed by atoms with Gasteiger partial charge in [-0.2, -0.15) is 0 Å². The van der Waals surface area contributed by atoms with Crippen LogP contribution >= 0.6 is 28.3 Å². The molecule has 15 heavy (non-hydrogen) atoms. The summed E-state index contributed by atoms with van der Waals surface area (Å²) in [5.74, 6) is 0.698. The average molecular weight is 291 g/mol. The van der Waals surface area contributed by atoms with Crippen LogP contribution in [0.5, 0.6) is 0 Å². The molecule has 2 N–H and O–H groups in total.